The van der Waals surface area contributed by atoms with E-state index in [-0.39, 0.29) is 6.04 Å². The van der Waals surface area contributed by atoms with E-state index < -0.39 is 0 Å². The van der Waals surface area contributed by atoms with Crippen LogP contribution in [0.1, 0.15) is 17.2 Å². The Hall–Kier alpha value is -3.08. The van der Waals surface area contributed by atoms with Crippen LogP contribution in [0.5, 0.6) is 0 Å². The molecule has 120 valence electrons. The molecule has 1 aromatic heterocycles. The third-order valence-electron chi connectivity index (χ3n) is 4.24. The number of fused-ring (bicyclic) bond motifs is 1. The third-order valence-corrected chi connectivity index (χ3v) is 4.24. The molecule has 2 heterocycles. The number of anilines is 2. The van der Waals surface area contributed by atoms with Gasteiger partial charge in [0.05, 0.1) is 0 Å². The molecule has 0 unspecified atom stereocenters. The van der Waals surface area contributed by atoms with Crippen LogP contribution < -0.4 is 10.2 Å². The maximum Gasteiger partial charge on any atom is 0.226 e. The molecule has 0 aliphatic carbocycles. The lowest BCUT2D eigenvalue weighted by Gasteiger charge is -2.25. The number of nitrogens with zero attached hydrogens (tertiary/aromatic N) is 4. The van der Waals surface area contributed by atoms with Gasteiger partial charge in [0.25, 0.3) is 0 Å². The van der Waals surface area contributed by atoms with E-state index in [1.807, 2.05) is 37.0 Å². The summed E-state index contributed by atoms with van der Waals surface area (Å²) in [5, 5.41) is 7.75. The van der Waals surface area contributed by atoms with Crippen LogP contribution in [0.25, 0.3) is 5.70 Å². The largest absolute Gasteiger partial charge is 0.378 e. The third kappa shape index (κ3) is 2.54. The zero-order chi connectivity index (χ0) is 16.5. The Balaban J connectivity index is 1.76. The maximum absolute atomic E-state index is 4.39. The van der Waals surface area contributed by atoms with Crippen LogP contribution >= 0.6 is 0 Å². The van der Waals surface area contributed by atoms with Gasteiger partial charge in [-0.05, 0) is 29.3 Å². The predicted molar refractivity (Wildman–Crippen MR) is 97.0 cm³/mol. The fourth-order valence-corrected chi connectivity index (χ4v) is 2.93. The molecular weight excluding hydrogens is 298 g/mol. The molecule has 1 aliphatic heterocycles. The molecule has 2 aromatic carbocycles. The lowest BCUT2D eigenvalue weighted by atomic mass is 10.0. The summed E-state index contributed by atoms with van der Waals surface area (Å²) in [5.41, 5.74) is 4.56. The van der Waals surface area contributed by atoms with Gasteiger partial charge in [0.1, 0.15) is 12.4 Å². The highest BCUT2D eigenvalue weighted by atomic mass is 15.4. The molecule has 5 nitrogen and oxygen atoms in total. The van der Waals surface area contributed by atoms with Gasteiger partial charge in [-0.25, -0.2) is 4.68 Å². The zero-order valence-electron chi connectivity index (χ0n) is 13.7. The topological polar surface area (TPSA) is 46.0 Å². The number of nitrogens with one attached hydrogen (secondary N) is 1. The molecule has 4 rings (SSSR count). The Morgan fingerprint density at radius 1 is 1.00 bits per heavy atom. The van der Waals surface area contributed by atoms with Gasteiger partial charge >= 0.3 is 0 Å². The van der Waals surface area contributed by atoms with Crippen LogP contribution in [0.3, 0.4) is 0 Å². The molecule has 1 N–H and O–H groups in total. The first-order chi connectivity index (χ1) is 11.7. The van der Waals surface area contributed by atoms with Crippen LogP contribution in [-0.2, 0) is 0 Å². The SMILES string of the molecule is CN(C)c1ccc([C@H]2C=C(c3ccccc3)Nc3ncnn32)cc1. The van der Waals surface area contributed by atoms with Gasteiger partial charge in [-0.15, -0.1) is 0 Å². The summed E-state index contributed by atoms with van der Waals surface area (Å²) in [6.07, 6.45) is 3.78. The van der Waals surface area contributed by atoms with Crippen LogP contribution in [-0.4, -0.2) is 28.9 Å². The lowest BCUT2D eigenvalue weighted by Crippen LogP contribution is -2.20. The van der Waals surface area contributed by atoms with E-state index in [2.05, 4.69) is 62.8 Å². The van der Waals surface area contributed by atoms with E-state index in [1.165, 1.54) is 11.3 Å². The van der Waals surface area contributed by atoms with E-state index >= 15 is 0 Å². The lowest BCUT2D eigenvalue weighted by molar-refractivity contribution is 0.612. The molecule has 3 aromatic rings. The van der Waals surface area contributed by atoms with Gasteiger partial charge in [-0.1, -0.05) is 42.5 Å². The summed E-state index contributed by atoms with van der Waals surface area (Å²) < 4.78 is 1.91. The van der Waals surface area contributed by atoms with Crippen LogP contribution in [0.4, 0.5) is 11.6 Å². The normalized spacial score (nSPS) is 16.1. The Kier molecular flexibility index (Phi) is 3.54. The summed E-state index contributed by atoms with van der Waals surface area (Å²) in [5.74, 6) is 0.762. The van der Waals surface area contributed by atoms with Crippen molar-refractivity contribution >= 4 is 17.3 Å². The average molecular weight is 317 g/mol. The van der Waals surface area contributed by atoms with Gasteiger partial charge in [-0.2, -0.15) is 10.1 Å². The molecule has 1 atom stereocenters. The Morgan fingerprint density at radius 2 is 1.75 bits per heavy atom. The van der Waals surface area contributed by atoms with E-state index in [9.17, 15) is 0 Å². The van der Waals surface area contributed by atoms with Crippen molar-refractivity contribution in [1.82, 2.24) is 14.8 Å². The first-order valence-electron chi connectivity index (χ1n) is 7.93. The molecule has 24 heavy (non-hydrogen) atoms. The fraction of sp³-hybridized carbons (Fsp3) is 0.158. The second-order valence-corrected chi connectivity index (χ2v) is 6.03. The molecule has 0 amide bonds. The molecule has 1 aliphatic rings. The highest BCUT2D eigenvalue weighted by Gasteiger charge is 2.23. The molecular formula is C19H19N5. The molecule has 0 saturated heterocycles. The monoisotopic (exact) mass is 317 g/mol. The Labute approximate surface area is 141 Å². The standard InChI is InChI=1S/C19H19N5/c1-23(2)16-10-8-15(9-11-16)18-12-17(14-6-4-3-5-7-14)22-19-20-13-21-24(18)19/h3-13,18H,1-2H3,(H,20,21,22)/t18-/m1/s1. The van der Waals surface area contributed by atoms with E-state index in [0.29, 0.717) is 0 Å². The van der Waals surface area contributed by atoms with Crippen molar-refractivity contribution in [2.45, 2.75) is 6.04 Å². The molecule has 0 fully saturated rings. The highest BCUT2D eigenvalue weighted by Crippen LogP contribution is 2.32. The second kappa shape index (κ2) is 5.85. The van der Waals surface area contributed by atoms with E-state index in [0.717, 1.165) is 17.2 Å². The number of hydrogen-bond acceptors (Lipinski definition) is 4. The minimum absolute atomic E-state index is 0.0233. The zero-order valence-corrected chi connectivity index (χ0v) is 13.7. The summed E-state index contributed by atoms with van der Waals surface area (Å²) in [6.45, 7) is 0. The molecule has 0 bridgehead atoms. The quantitative estimate of drug-likeness (QED) is 0.804. The summed E-state index contributed by atoms with van der Waals surface area (Å²) >= 11 is 0. The van der Waals surface area contributed by atoms with Crippen molar-refractivity contribution in [1.29, 1.82) is 0 Å². The van der Waals surface area contributed by atoms with Gasteiger partial charge in [0, 0.05) is 25.5 Å². The number of allylic oxidation sites excluding steroid dienone is 1. The minimum Gasteiger partial charge on any atom is -0.378 e. The second-order valence-electron chi connectivity index (χ2n) is 6.03. The van der Waals surface area contributed by atoms with Gasteiger partial charge in [0.15, 0.2) is 0 Å². The van der Waals surface area contributed by atoms with E-state index in [1.54, 1.807) is 6.33 Å². The van der Waals surface area contributed by atoms with Crippen molar-refractivity contribution in [3.63, 3.8) is 0 Å². The fourth-order valence-electron chi connectivity index (χ4n) is 2.93. The van der Waals surface area contributed by atoms with Crippen LogP contribution in [0, 0.1) is 0 Å². The number of aromatic nitrogens is 3. The number of benzene rings is 2. The summed E-state index contributed by atoms with van der Waals surface area (Å²) in [7, 11) is 4.09. The minimum atomic E-state index is 0.0233. The van der Waals surface area contributed by atoms with Crippen LogP contribution in [0.2, 0.25) is 0 Å². The van der Waals surface area contributed by atoms with Crippen molar-refractivity contribution < 1.29 is 0 Å². The Bertz CT molecular complexity index is 862. The van der Waals surface area contributed by atoms with Crippen LogP contribution in [0.15, 0.2) is 67.0 Å². The van der Waals surface area contributed by atoms with Crippen molar-refractivity contribution in [3.8, 4) is 0 Å². The predicted octanol–water partition coefficient (Wildman–Crippen LogP) is 3.40. The molecule has 5 heteroatoms. The van der Waals surface area contributed by atoms with Crippen molar-refractivity contribution in [2.75, 3.05) is 24.3 Å². The molecule has 0 saturated carbocycles. The average Bonchev–Trinajstić information content (AvgIpc) is 3.10. The van der Waals surface area contributed by atoms with Crippen molar-refractivity contribution in [3.05, 3.63) is 78.1 Å². The maximum atomic E-state index is 4.39. The Morgan fingerprint density at radius 3 is 2.46 bits per heavy atom. The van der Waals surface area contributed by atoms with Crippen molar-refractivity contribution in [2.24, 2.45) is 0 Å². The van der Waals surface area contributed by atoms with Gasteiger partial charge in [-0.3, -0.25) is 0 Å². The van der Waals surface area contributed by atoms with E-state index in [4.69, 9.17) is 0 Å². The highest BCUT2D eigenvalue weighted by molar-refractivity contribution is 5.77. The number of rotatable bonds is 3. The molecule has 0 spiro atoms. The first kappa shape index (κ1) is 14.5. The molecule has 0 radical (unpaired) electrons. The smallest absolute Gasteiger partial charge is 0.226 e. The summed E-state index contributed by atoms with van der Waals surface area (Å²) in [4.78, 5) is 6.44. The van der Waals surface area contributed by atoms with Gasteiger partial charge < -0.3 is 10.2 Å². The van der Waals surface area contributed by atoms with Gasteiger partial charge in [0.2, 0.25) is 5.95 Å². The number of hydrogen-bond donors (Lipinski definition) is 1. The first-order valence-corrected chi connectivity index (χ1v) is 7.93. The summed E-state index contributed by atoms with van der Waals surface area (Å²) in [6, 6.07) is 18.9.